The zero-order valence-corrected chi connectivity index (χ0v) is 12.3. The monoisotopic (exact) mass is 283 g/mol. The van der Waals surface area contributed by atoms with Crippen molar-refractivity contribution < 1.29 is 9.32 Å². The molecule has 0 saturated carbocycles. The summed E-state index contributed by atoms with van der Waals surface area (Å²) >= 11 is 0. The number of quaternary nitrogens is 1. The second-order valence-electron chi connectivity index (χ2n) is 4.97. The number of benzene rings is 1. The maximum Gasteiger partial charge on any atom is 0.232 e. The van der Waals surface area contributed by atoms with Crippen LogP contribution in [0, 0.1) is 11.3 Å². The lowest BCUT2D eigenvalue weighted by Gasteiger charge is -2.06. The largest absolute Gasteiger partial charge is 0.420 e. The first-order valence-corrected chi connectivity index (χ1v) is 6.86. The minimum absolute atomic E-state index is 0.288. The summed E-state index contributed by atoms with van der Waals surface area (Å²) in [6, 6.07) is 11.9. The minimum Gasteiger partial charge on any atom is -0.420 e. The van der Waals surface area contributed by atoms with E-state index in [-0.39, 0.29) is 5.69 Å². The van der Waals surface area contributed by atoms with Gasteiger partial charge in [0.05, 0.1) is 27.2 Å². The molecule has 0 fully saturated rings. The van der Waals surface area contributed by atoms with Crippen LogP contribution < -0.4 is 10.2 Å². The number of nitrogens with zero attached hydrogens (tertiary/aromatic N) is 2. The molecule has 0 bridgehead atoms. The Morgan fingerprint density at radius 1 is 1.29 bits per heavy atom. The molecule has 2 aromatic rings. The zero-order valence-electron chi connectivity index (χ0n) is 12.3. The molecule has 0 amide bonds. The summed E-state index contributed by atoms with van der Waals surface area (Å²) < 4.78 is 5.57. The fraction of sp³-hybridized carbons (Fsp3) is 0.250. The molecule has 0 aliphatic carbocycles. The summed E-state index contributed by atoms with van der Waals surface area (Å²) in [5.41, 5.74) is 1.34. The summed E-state index contributed by atoms with van der Waals surface area (Å²) in [6.45, 7) is 1.66. The topological polar surface area (TPSA) is 66.3 Å². The van der Waals surface area contributed by atoms with Crippen LogP contribution in [0.3, 0.4) is 0 Å². The van der Waals surface area contributed by atoms with Crippen LogP contribution in [0.25, 0.3) is 12.2 Å². The van der Waals surface area contributed by atoms with Gasteiger partial charge >= 0.3 is 0 Å². The fourth-order valence-electron chi connectivity index (χ4n) is 1.76. The van der Waals surface area contributed by atoms with Gasteiger partial charge in [0.15, 0.2) is 0 Å². The van der Waals surface area contributed by atoms with Gasteiger partial charge in [0.1, 0.15) is 6.07 Å². The summed E-state index contributed by atoms with van der Waals surface area (Å²) in [6.07, 6.45) is 3.67. The van der Waals surface area contributed by atoms with E-state index >= 15 is 0 Å². The van der Waals surface area contributed by atoms with Crippen LogP contribution in [0.4, 0.5) is 5.88 Å². The number of likely N-dealkylation sites (N-methyl/N-ethyl adjacent to an activating group) is 1. The molecule has 0 aliphatic heterocycles. The van der Waals surface area contributed by atoms with E-state index in [2.05, 4.69) is 24.4 Å². The van der Waals surface area contributed by atoms with Crippen LogP contribution >= 0.6 is 0 Å². The molecule has 0 radical (unpaired) electrons. The van der Waals surface area contributed by atoms with E-state index in [9.17, 15) is 0 Å². The van der Waals surface area contributed by atoms with Gasteiger partial charge in [-0.1, -0.05) is 30.3 Å². The smallest absolute Gasteiger partial charge is 0.232 e. The lowest BCUT2D eigenvalue weighted by molar-refractivity contribution is -0.856. The molecule has 5 heteroatoms. The highest BCUT2D eigenvalue weighted by molar-refractivity contribution is 5.67. The molecule has 21 heavy (non-hydrogen) atoms. The van der Waals surface area contributed by atoms with Crippen molar-refractivity contribution in [3.63, 3.8) is 0 Å². The molecular weight excluding hydrogens is 264 g/mol. The highest BCUT2D eigenvalue weighted by Crippen LogP contribution is 2.18. The number of nitrogens with one attached hydrogen (secondary N) is 2. The Morgan fingerprint density at radius 3 is 2.71 bits per heavy atom. The molecule has 108 valence electrons. The third kappa shape index (κ3) is 4.48. The Bertz CT molecular complexity index is 638. The first-order valence-electron chi connectivity index (χ1n) is 6.86. The Balaban J connectivity index is 2.06. The van der Waals surface area contributed by atoms with Crippen LogP contribution in [-0.2, 0) is 0 Å². The van der Waals surface area contributed by atoms with Crippen molar-refractivity contribution >= 4 is 18.0 Å². The Kier molecular flexibility index (Phi) is 5.13. The molecule has 0 saturated heterocycles. The Morgan fingerprint density at radius 2 is 2.05 bits per heavy atom. The van der Waals surface area contributed by atoms with Gasteiger partial charge in [-0.2, -0.15) is 10.2 Å². The summed E-state index contributed by atoms with van der Waals surface area (Å²) in [7, 11) is 4.14. The molecular formula is C16H19N4O+. The van der Waals surface area contributed by atoms with Gasteiger partial charge in [0.2, 0.25) is 17.5 Å². The zero-order chi connectivity index (χ0) is 15.1. The van der Waals surface area contributed by atoms with Gasteiger partial charge in [-0.25, -0.2) is 0 Å². The number of hydrogen-bond acceptors (Lipinski definition) is 4. The van der Waals surface area contributed by atoms with Gasteiger partial charge in [0, 0.05) is 6.08 Å². The second kappa shape index (κ2) is 7.27. The van der Waals surface area contributed by atoms with E-state index in [1.165, 1.54) is 4.90 Å². The molecule has 5 nitrogen and oxygen atoms in total. The molecule has 1 aromatic carbocycles. The van der Waals surface area contributed by atoms with E-state index in [0.29, 0.717) is 11.8 Å². The first kappa shape index (κ1) is 14.8. The SMILES string of the molecule is C[NH+](C)CCNc1oc(/C=C/c2ccccc2)nc1C#N. The van der Waals surface area contributed by atoms with E-state index < -0.39 is 0 Å². The maximum absolute atomic E-state index is 9.08. The maximum atomic E-state index is 9.08. The summed E-state index contributed by atoms with van der Waals surface area (Å²) in [5, 5.41) is 12.2. The van der Waals surface area contributed by atoms with Gasteiger partial charge in [-0.15, -0.1) is 0 Å². The van der Waals surface area contributed by atoms with E-state index in [4.69, 9.17) is 9.68 Å². The van der Waals surface area contributed by atoms with E-state index in [1.54, 1.807) is 6.08 Å². The van der Waals surface area contributed by atoms with Crippen LogP contribution in [0.15, 0.2) is 34.7 Å². The average Bonchev–Trinajstić information content (AvgIpc) is 2.88. The number of aromatic nitrogens is 1. The van der Waals surface area contributed by atoms with Crippen molar-refractivity contribution in [2.45, 2.75) is 0 Å². The molecule has 0 atom stereocenters. The van der Waals surface area contributed by atoms with Crippen molar-refractivity contribution in [1.82, 2.24) is 4.98 Å². The summed E-state index contributed by atoms with van der Waals surface area (Å²) in [5.74, 6) is 0.863. The van der Waals surface area contributed by atoms with Gasteiger partial charge in [0.25, 0.3) is 0 Å². The number of nitriles is 1. The number of oxazole rings is 1. The number of hydrogen-bond donors (Lipinski definition) is 2. The predicted octanol–water partition coefficient (Wildman–Crippen LogP) is 1.27. The van der Waals surface area contributed by atoms with Crippen LogP contribution in [0.2, 0.25) is 0 Å². The van der Waals surface area contributed by atoms with Crippen LogP contribution in [-0.4, -0.2) is 32.2 Å². The fourth-order valence-corrected chi connectivity index (χ4v) is 1.76. The quantitative estimate of drug-likeness (QED) is 0.838. The molecule has 0 unspecified atom stereocenters. The first-order chi connectivity index (χ1) is 10.2. The molecule has 2 rings (SSSR count). The Hall–Kier alpha value is -2.58. The van der Waals surface area contributed by atoms with Crippen LogP contribution in [0.1, 0.15) is 17.1 Å². The second-order valence-corrected chi connectivity index (χ2v) is 4.97. The Labute approximate surface area is 124 Å². The third-order valence-electron chi connectivity index (χ3n) is 2.88. The van der Waals surface area contributed by atoms with Gasteiger partial charge in [-0.05, 0) is 11.6 Å². The molecule has 1 heterocycles. The van der Waals surface area contributed by atoms with E-state index in [1.807, 2.05) is 42.5 Å². The van der Waals surface area contributed by atoms with Gasteiger partial charge in [-0.3, -0.25) is 0 Å². The summed E-state index contributed by atoms with van der Waals surface area (Å²) in [4.78, 5) is 5.48. The van der Waals surface area contributed by atoms with Crippen molar-refractivity contribution in [2.75, 3.05) is 32.5 Å². The lowest BCUT2D eigenvalue weighted by atomic mass is 10.2. The minimum atomic E-state index is 0.288. The highest BCUT2D eigenvalue weighted by atomic mass is 16.4. The van der Waals surface area contributed by atoms with Crippen molar-refractivity contribution in [3.05, 3.63) is 47.5 Å². The number of rotatable bonds is 6. The molecule has 0 spiro atoms. The molecule has 2 N–H and O–H groups in total. The highest BCUT2D eigenvalue weighted by Gasteiger charge is 2.11. The molecule has 0 aliphatic rings. The average molecular weight is 283 g/mol. The van der Waals surface area contributed by atoms with Crippen LogP contribution in [0.5, 0.6) is 0 Å². The van der Waals surface area contributed by atoms with Crippen molar-refractivity contribution in [3.8, 4) is 6.07 Å². The normalized spacial score (nSPS) is 11.0. The molecule has 1 aromatic heterocycles. The van der Waals surface area contributed by atoms with E-state index in [0.717, 1.165) is 18.7 Å². The number of anilines is 1. The lowest BCUT2D eigenvalue weighted by Crippen LogP contribution is -3.06. The predicted molar refractivity (Wildman–Crippen MR) is 82.8 cm³/mol. The van der Waals surface area contributed by atoms with Crippen molar-refractivity contribution in [2.24, 2.45) is 0 Å². The van der Waals surface area contributed by atoms with Crippen molar-refractivity contribution in [1.29, 1.82) is 5.26 Å². The third-order valence-corrected chi connectivity index (χ3v) is 2.88. The standard InChI is InChI=1S/C16H18N4O/c1-20(2)11-10-18-16-14(12-17)19-15(21-16)9-8-13-6-4-3-5-7-13/h3-9,18H,10-11H2,1-2H3/p+1/b9-8+. The van der Waals surface area contributed by atoms with Gasteiger partial charge < -0.3 is 14.6 Å².